The zero-order valence-electron chi connectivity index (χ0n) is 13.5. The van der Waals surface area contributed by atoms with E-state index in [4.69, 9.17) is 4.74 Å². The molecule has 0 amide bonds. The van der Waals surface area contributed by atoms with E-state index in [0.717, 1.165) is 22.4 Å². The Morgan fingerprint density at radius 1 is 0.952 bits per heavy atom. The molecule has 2 aromatic rings. The molecular formula is C19H24O2. The summed E-state index contributed by atoms with van der Waals surface area (Å²) in [5.74, 6) is 0.842. The molecule has 0 saturated heterocycles. The van der Waals surface area contributed by atoms with E-state index in [1.165, 1.54) is 5.56 Å². The van der Waals surface area contributed by atoms with Gasteiger partial charge in [0.2, 0.25) is 0 Å². The molecule has 0 aliphatic carbocycles. The van der Waals surface area contributed by atoms with Crippen molar-refractivity contribution < 1.29 is 9.84 Å². The molecule has 0 heterocycles. The van der Waals surface area contributed by atoms with Crippen LogP contribution in [-0.4, -0.2) is 12.2 Å². The van der Waals surface area contributed by atoms with Crippen LogP contribution in [0, 0.1) is 6.92 Å². The quantitative estimate of drug-likeness (QED) is 0.906. The Kier molecular flexibility index (Phi) is 4.38. The first-order chi connectivity index (χ1) is 9.82. The summed E-state index contributed by atoms with van der Waals surface area (Å²) in [6.07, 6.45) is -0.608. The summed E-state index contributed by atoms with van der Waals surface area (Å²) in [6.45, 7) is 8.54. The standard InChI is InChI=1S/C19H24O2/c1-13-12-15(8-11-17(13)21-5)18(20)14-6-9-16(10-7-14)19(2,3)4/h6-12,18,20H,1-5H3. The molecule has 0 aliphatic heterocycles. The van der Waals surface area contributed by atoms with E-state index < -0.39 is 6.10 Å². The molecule has 0 bridgehead atoms. The Hall–Kier alpha value is -1.80. The van der Waals surface area contributed by atoms with E-state index in [2.05, 4.69) is 32.9 Å². The van der Waals surface area contributed by atoms with E-state index in [1.54, 1.807) is 7.11 Å². The van der Waals surface area contributed by atoms with Gasteiger partial charge in [-0.25, -0.2) is 0 Å². The van der Waals surface area contributed by atoms with Gasteiger partial charge in [-0.2, -0.15) is 0 Å². The van der Waals surface area contributed by atoms with Crippen LogP contribution in [0.5, 0.6) is 5.75 Å². The lowest BCUT2D eigenvalue weighted by atomic mass is 9.86. The molecular weight excluding hydrogens is 260 g/mol. The average molecular weight is 284 g/mol. The Bertz CT molecular complexity index is 606. The highest BCUT2D eigenvalue weighted by molar-refractivity contribution is 5.40. The van der Waals surface area contributed by atoms with Crippen molar-refractivity contribution in [2.24, 2.45) is 0 Å². The molecule has 0 spiro atoms. The molecule has 0 radical (unpaired) electrons. The van der Waals surface area contributed by atoms with Gasteiger partial charge in [0.1, 0.15) is 11.9 Å². The predicted octanol–water partition coefficient (Wildman–Crippen LogP) is 4.38. The minimum absolute atomic E-state index is 0.125. The lowest BCUT2D eigenvalue weighted by Gasteiger charge is -2.20. The normalized spacial score (nSPS) is 13.0. The summed E-state index contributed by atoms with van der Waals surface area (Å²) in [5.41, 5.74) is 4.22. The smallest absolute Gasteiger partial charge is 0.121 e. The first-order valence-corrected chi connectivity index (χ1v) is 7.26. The van der Waals surface area contributed by atoms with Gasteiger partial charge in [-0.3, -0.25) is 0 Å². The Labute approximate surface area is 127 Å². The van der Waals surface area contributed by atoms with Gasteiger partial charge in [0.05, 0.1) is 7.11 Å². The molecule has 2 aromatic carbocycles. The highest BCUT2D eigenvalue weighted by Gasteiger charge is 2.16. The second-order valence-electron chi connectivity index (χ2n) is 6.50. The maximum absolute atomic E-state index is 10.5. The highest BCUT2D eigenvalue weighted by Crippen LogP contribution is 2.29. The average Bonchev–Trinajstić information content (AvgIpc) is 2.45. The number of ether oxygens (including phenoxy) is 1. The first-order valence-electron chi connectivity index (χ1n) is 7.26. The van der Waals surface area contributed by atoms with Crippen LogP contribution < -0.4 is 4.74 Å². The van der Waals surface area contributed by atoms with Gasteiger partial charge in [-0.1, -0.05) is 51.1 Å². The summed E-state index contributed by atoms with van der Waals surface area (Å²) in [6, 6.07) is 14.0. The number of hydrogen-bond acceptors (Lipinski definition) is 2. The molecule has 0 saturated carbocycles. The fourth-order valence-electron chi connectivity index (χ4n) is 2.43. The predicted molar refractivity (Wildman–Crippen MR) is 86.9 cm³/mol. The molecule has 0 aromatic heterocycles. The largest absolute Gasteiger partial charge is 0.496 e. The molecule has 112 valence electrons. The van der Waals surface area contributed by atoms with Crippen molar-refractivity contribution in [1.29, 1.82) is 0 Å². The van der Waals surface area contributed by atoms with Crippen molar-refractivity contribution in [1.82, 2.24) is 0 Å². The molecule has 1 N–H and O–H groups in total. The Morgan fingerprint density at radius 2 is 1.52 bits per heavy atom. The zero-order chi connectivity index (χ0) is 15.6. The zero-order valence-corrected chi connectivity index (χ0v) is 13.5. The van der Waals surface area contributed by atoms with Crippen LogP contribution >= 0.6 is 0 Å². The topological polar surface area (TPSA) is 29.5 Å². The number of aryl methyl sites for hydroxylation is 1. The van der Waals surface area contributed by atoms with Gasteiger partial charge in [-0.15, -0.1) is 0 Å². The van der Waals surface area contributed by atoms with Crippen molar-refractivity contribution in [3.8, 4) is 5.75 Å². The monoisotopic (exact) mass is 284 g/mol. The molecule has 2 nitrogen and oxygen atoms in total. The van der Waals surface area contributed by atoms with Crippen LogP contribution in [0.4, 0.5) is 0 Å². The minimum Gasteiger partial charge on any atom is -0.496 e. The lowest BCUT2D eigenvalue weighted by molar-refractivity contribution is 0.220. The Balaban J connectivity index is 2.27. The van der Waals surface area contributed by atoms with Crippen LogP contribution in [0.1, 0.15) is 49.1 Å². The molecule has 2 heteroatoms. The maximum atomic E-state index is 10.5. The summed E-state index contributed by atoms with van der Waals surface area (Å²) in [7, 11) is 1.66. The van der Waals surface area contributed by atoms with E-state index >= 15 is 0 Å². The fourth-order valence-corrected chi connectivity index (χ4v) is 2.43. The van der Waals surface area contributed by atoms with Crippen molar-refractivity contribution in [2.45, 2.75) is 39.2 Å². The van der Waals surface area contributed by atoms with Crippen LogP contribution in [-0.2, 0) is 5.41 Å². The summed E-state index contributed by atoms with van der Waals surface area (Å²) in [4.78, 5) is 0. The van der Waals surface area contributed by atoms with Gasteiger partial charge in [0.15, 0.2) is 0 Å². The van der Waals surface area contributed by atoms with Crippen molar-refractivity contribution in [3.63, 3.8) is 0 Å². The van der Waals surface area contributed by atoms with Gasteiger partial charge >= 0.3 is 0 Å². The highest BCUT2D eigenvalue weighted by atomic mass is 16.5. The number of benzene rings is 2. The van der Waals surface area contributed by atoms with Crippen LogP contribution in [0.3, 0.4) is 0 Å². The number of methoxy groups -OCH3 is 1. The molecule has 21 heavy (non-hydrogen) atoms. The summed E-state index contributed by atoms with van der Waals surface area (Å²) < 4.78 is 5.26. The molecule has 0 fully saturated rings. The van der Waals surface area contributed by atoms with Crippen LogP contribution in [0.2, 0.25) is 0 Å². The van der Waals surface area contributed by atoms with Crippen LogP contribution in [0.25, 0.3) is 0 Å². The van der Waals surface area contributed by atoms with Crippen molar-refractivity contribution in [2.75, 3.05) is 7.11 Å². The van der Waals surface area contributed by atoms with Crippen molar-refractivity contribution >= 4 is 0 Å². The van der Waals surface area contributed by atoms with E-state index in [0.29, 0.717) is 0 Å². The number of aliphatic hydroxyl groups excluding tert-OH is 1. The van der Waals surface area contributed by atoms with E-state index in [9.17, 15) is 5.11 Å². The molecule has 2 rings (SSSR count). The fraction of sp³-hybridized carbons (Fsp3) is 0.368. The molecule has 1 atom stereocenters. The van der Waals surface area contributed by atoms with E-state index in [1.807, 2.05) is 37.3 Å². The number of rotatable bonds is 3. The van der Waals surface area contributed by atoms with Gasteiger partial charge in [0, 0.05) is 0 Å². The first kappa shape index (κ1) is 15.6. The van der Waals surface area contributed by atoms with Crippen molar-refractivity contribution in [3.05, 3.63) is 64.7 Å². The summed E-state index contributed by atoms with van der Waals surface area (Å²) >= 11 is 0. The summed E-state index contributed by atoms with van der Waals surface area (Å²) in [5, 5.41) is 10.5. The van der Waals surface area contributed by atoms with Gasteiger partial charge in [0.25, 0.3) is 0 Å². The SMILES string of the molecule is COc1ccc(C(O)c2ccc(C(C)(C)C)cc2)cc1C. The third kappa shape index (κ3) is 3.45. The third-order valence-electron chi connectivity index (χ3n) is 3.83. The maximum Gasteiger partial charge on any atom is 0.121 e. The minimum atomic E-state index is -0.608. The van der Waals surface area contributed by atoms with Gasteiger partial charge in [-0.05, 0) is 46.7 Å². The lowest BCUT2D eigenvalue weighted by Crippen LogP contribution is -2.11. The van der Waals surface area contributed by atoms with Crippen LogP contribution in [0.15, 0.2) is 42.5 Å². The molecule has 0 aliphatic rings. The number of hydrogen-bond donors (Lipinski definition) is 1. The second kappa shape index (κ2) is 5.90. The molecule has 1 unspecified atom stereocenters. The second-order valence-corrected chi connectivity index (χ2v) is 6.50. The number of aliphatic hydroxyl groups is 1. The van der Waals surface area contributed by atoms with E-state index in [-0.39, 0.29) is 5.41 Å². The Morgan fingerprint density at radius 3 is 2.00 bits per heavy atom. The third-order valence-corrected chi connectivity index (χ3v) is 3.83. The van der Waals surface area contributed by atoms with Gasteiger partial charge < -0.3 is 9.84 Å².